The Hall–Kier alpha value is -3.45. The number of para-hydroxylation sites is 1. The van der Waals surface area contributed by atoms with E-state index >= 15 is 0 Å². The highest BCUT2D eigenvalue weighted by Crippen LogP contribution is 2.54. The number of likely N-dealkylation sites (tertiary alicyclic amines) is 1. The minimum absolute atomic E-state index is 0.0187. The molecule has 2 aliphatic rings. The first kappa shape index (κ1) is 30.0. The molecule has 1 aromatic heterocycles. The highest BCUT2D eigenvalue weighted by molar-refractivity contribution is 8.00. The van der Waals surface area contributed by atoms with Gasteiger partial charge in [-0.1, -0.05) is 23.7 Å². The molecule has 3 atom stereocenters. The molecule has 3 heterocycles. The predicted octanol–water partition coefficient (Wildman–Crippen LogP) is 5.64. The zero-order chi connectivity index (χ0) is 30.2. The third-order valence-electron chi connectivity index (χ3n) is 7.28. The lowest BCUT2D eigenvalue weighted by Gasteiger charge is -2.25. The molecule has 14 heteroatoms. The molecule has 2 aromatic carbocycles. The summed E-state index contributed by atoms with van der Waals surface area (Å²) in [5.41, 5.74) is 1.27. The monoisotopic (exact) mass is 624 g/mol. The van der Waals surface area contributed by atoms with Crippen molar-refractivity contribution in [2.24, 2.45) is 5.92 Å². The maximum Gasteiger partial charge on any atom is 0.452 e. The van der Waals surface area contributed by atoms with E-state index in [4.69, 9.17) is 25.8 Å². The quantitative estimate of drug-likeness (QED) is 0.312. The Balaban J connectivity index is 1.61. The van der Waals surface area contributed by atoms with E-state index < -0.39 is 28.4 Å². The number of nitrogens with zero attached hydrogens (tertiary/aromatic N) is 4. The number of hydrogen-bond donors (Lipinski definition) is 0. The minimum atomic E-state index is -4.82. The summed E-state index contributed by atoms with van der Waals surface area (Å²) >= 11 is 7.64. The highest BCUT2D eigenvalue weighted by Gasteiger charge is 2.44. The summed E-state index contributed by atoms with van der Waals surface area (Å²) in [7, 11) is 2.97. The number of methoxy groups -OCH3 is 2. The van der Waals surface area contributed by atoms with Gasteiger partial charge in [-0.25, -0.2) is 0 Å². The first-order chi connectivity index (χ1) is 20.1. The van der Waals surface area contributed by atoms with Gasteiger partial charge < -0.3 is 19.1 Å². The number of hydrogen-bond acceptors (Lipinski definition) is 8. The van der Waals surface area contributed by atoms with Gasteiger partial charge in [-0.3, -0.25) is 14.2 Å². The lowest BCUT2D eigenvalue weighted by Crippen LogP contribution is -2.31. The summed E-state index contributed by atoms with van der Waals surface area (Å²) in [6, 6.07) is 9.87. The van der Waals surface area contributed by atoms with Crippen molar-refractivity contribution in [2.45, 2.75) is 36.4 Å². The van der Waals surface area contributed by atoms with Crippen molar-refractivity contribution in [3.8, 4) is 17.2 Å². The van der Waals surface area contributed by atoms with Crippen LogP contribution >= 0.6 is 23.4 Å². The molecule has 0 spiro atoms. The van der Waals surface area contributed by atoms with Crippen LogP contribution in [0.5, 0.6) is 11.5 Å². The topological polar surface area (TPSA) is 95.8 Å². The number of carbonyl (C=O) groups is 2. The molecule has 1 fully saturated rings. The van der Waals surface area contributed by atoms with Crippen LogP contribution in [0.4, 0.5) is 13.2 Å². The van der Waals surface area contributed by atoms with Gasteiger partial charge in [-0.15, -0.1) is 22.0 Å². The Labute approximate surface area is 249 Å². The maximum atomic E-state index is 14.3. The van der Waals surface area contributed by atoms with Crippen LogP contribution < -0.4 is 9.47 Å². The van der Waals surface area contributed by atoms with Crippen molar-refractivity contribution in [3.63, 3.8) is 0 Å². The van der Waals surface area contributed by atoms with Gasteiger partial charge in [0.25, 0.3) is 0 Å². The number of aromatic nitrogens is 3. The standard InChI is InChI=1S/C28H28ClF3N4O5S/c1-4-41-26(38)15-10-11-35(14-15)22(37)13-21-25-33-34-27(28(30,31)32)36(25)19-9-8-16(29)12-18(19)24(42-21)17-6-5-7-20(39-2)23(17)40-3/h5-9,12,15,21,24H,4,10-11,13-14H2,1-3H3/t15?,21-,24-/m1/s1. The molecule has 9 nitrogen and oxygen atoms in total. The third-order valence-corrected chi connectivity index (χ3v) is 9.00. The predicted molar refractivity (Wildman–Crippen MR) is 149 cm³/mol. The van der Waals surface area contributed by atoms with Crippen LogP contribution in [-0.4, -0.2) is 65.5 Å². The summed E-state index contributed by atoms with van der Waals surface area (Å²) < 4.78 is 60.0. The Morgan fingerprint density at radius 2 is 1.90 bits per heavy atom. The average molecular weight is 625 g/mol. The van der Waals surface area contributed by atoms with E-state index in [0.29, 0.717) is 40.6 Å². The first-order valence-electron chi connectivity index (χ1n) is 13.2. The van der Waals surface area contributed by atoms with Crippen molar-refractivity contribution >= 4 is 35.2 Å². The van der Waals surface area contributed by atoms with Crippen molar-refractivity contribution in [1.29, 1.82) is 0 Å². The van der Waals surface area contributed by atoms with E-state index in [2.05, 4.69) is 10.2 Å². The molecular formula is C28H28ClF3N4O5S. The summed E-state index contributed by atoms with van der Waals surface area (Å²) in [6.07, 6.45) is -4.55. The summed E-state index contributed by atoms with van der Waals surface area (Å²) in [5.74, 6) is -1.52. The molecule has 1 unspecified atom stereocenters. The minimum Gasteiger partial charge on any atom is -0.493 e. The average Bonchev–Trinajstić information content (AvgIpc) is 3.61. The lowest BCUT2D eigenvalue weighted by atomic mass is 10.0. The van der Waals surface area contributed by atoms with E-state index in [9.17, 15) is 22.8 Å². The van der Waals surface area contributed by atoms with E-state index in [1.54, 1.807) is 36.1 Å². The lowest BCUT2D eigenvalue weighted by molar-refractivity contribution is -0.148. The number of alkyl halides is 3. The van der Waals surface area contributed by atoms with Gasteiger partial charge in [0.15, 0.2) is 17.3 Å². The molecule has 1 amide bonds. The Kier molecular flexibility index (Phi) is 8.61. The molecule has 0 aliphatic carbocycles. The number of amides is 1. The number of halogens is 4. The SMILES string of the molecule is CCOC(=O)C1CCN(C(=O)C[C@H]2S[C@H](c3cccc(OC)c3OC)c3cc(Cl)ccc3-n3c2nnc3C(F)(F)F)C1. The number of thioether (sulfide) groups is 1. The van der Waals surface area contributed by atoms with Crippen molar-refractivity contribution in [3.05, 3.63) is 64.2 Å². The van der Waals surface area contributed by atoms with Crippen molar-refractivity contribution < 1.29 is 37.0 Å². The van der Waals surface area contributed by atoms with Crippen LogP contribution in [0.25, 0.3) is 5.69 Å². The second kappa shape index (κ2) is 12.0. The normalized spacial score (nSPS) is 20.0. The fourth-order valence-electron chi connectivity index (χ4n) is 5.39. The highest BCUT2D eigenvalue weighted by atomic mass is 35.5. The van der Waals surface area contributed by atoms with Crippen LogP contribution in [0.2, 0.25) is 5.02 Å². The van der Waals surface area contributed by atoms with Crippen LogP contribution in [-0.2, 0) is 20.5 Å². The summed E-state index contributed by atoms with van der Waals surface area (Å²) in [5, 5.41) is 6.33. The smallest absolute Gasteiger partial charge is 0.452 e. The molecule has 5 rings (SSSR count). The fraction of sp³-hybridized carbons (Fsp3) is 0.429. The number of benzene rings is 2. The van der Waals surface area contributed by atoms with E-state index in [-0.39, 0.29) is 43.0 Å². The zero-order valence-electron chi connectivity index (χ0n) is 23.0. The van der Waals surface area contributed by atoms with Crippen LogP contribution in [0.1, 0.15) is 53.0 Å². The van der Waals surface area contributed by atoms with Gasteiger partial charge in [0.05, 0.1) is 42.9 Å². The van der Waals surface area contributed by atoms with Crippen LogP contribution in [0, 0.1) is 5.92 Å². The third kappa shape index (κ3) is 5.63. The number of carbonyl (C=O) groups excluding carboxylic acids is 2. The Bertz CT molecular complexity index is 1500. The second-order valence-electron chi connectivity index (χ2n) is 9.79. The molecule has 0 N–H and O–H groups in total. The van der Waals surface area contributed by atoms with E-state index in [1.165, 1.54) is 38.1 Å². The number of ether oxygens (including phenoxy) is 3. The zero-order valence-corrected chi connectivity index (χ0v) is 24.6. The van der Waals surface area contributed by atoms with E-state index in [1.807, 2.05) is 0 Å². The van der Waals surface area contributed by atoms with Gasteiger partial charge in [0, 0.05) is 30.1 Å². The molecule has 1 saturated heterocycles. The number of fused-ring (bicyclic) bond motifs is 3. The maximum absolute atomic E-state index is 14.3. The molecule has 0 radical (unpaired) electrons. The van der Waals surface area contributed by atoms with Gasteiger partial charge in [0.1, 0.15) is 0 Å². The molecule has 224 valence electrons. The van der Waals surface area contributed by atoms with Crippen LogP contribution in [0.3, 0.4) is 0 Å². The molecule has 0 saturated carbocycles. The van der Waals surface area contributed by atoms with E-state index in [0.717, 1.165) is 4.57 Å². The number of rotatable bonds is 7. The fourth-order valence-corrected chi connectivity index (χ4v) is 7.08. The van der Waals surface area contributed by atoms with Crippen molar-refractivity contribution in [1.82, 2.24) is 19.7 Å². The Morgan fingerprint density at radius 3 is 2.60 bits per heavy atom. The van der Waals surface area contributed by atoms with Gasteiger partial charge in [0.2, 0.25) is 11.7 Å². The molecule has 42 heavy (non-hydrogen) atoms. The first-order valence-corrected chi connectivity index (χ1v) is 14.5. The molecule has 0 bridgehead atoms. The molecule has 2 aliphatic heterocycles. The van der Waals surface area contributed by atoms with Gasteiger partial charge in [-0.2, -0.15) is 13.2 Å². The van der Waals surface area contributed by atoms with Crippen molar-refractivity contribution in [2.75, 3.05) is 33.9 Å². The van der Waals surface area contributed by atoms with Crippen LogP contribution in [0.15, 0.2) is 36.4 Å². The molecular weight excluding hydrogens is 597 g/mol. The van der Waals surface area contributed by atoms with Gasteiger partial charge >= 0.3 is 12.1 Å². The molecule has 3 aromatic rings. The Morgan fingerprint density at radius 1 is 1.12 bits per heavy atom. The van der Waals surface area contributed by atoms with Gasteiger partial charge in [-0.05, 0) is 43.2 Å². The largest absolute Gasteiger partial charge is 0.493 e. The summed E-state index contributed by atoms with van der Waals surface area (Å²) in [6.45, 7) is 2.46. The number of esters is 1. The summed E-state index contributed by atoms with van der Waals surface area (Å²) in [4.78, 5) is 27.4. The second-order valence-corrected chi connectivity index (χ2v) is 11.5.